The summed E-state index contributed by atoms with van der Waals surface area (Å²) in [7, 11) is 0. The van der Waals surface area contributed by atoms with E-state index < -0.39 is 0 Å². The van der Waals surface area contributed by atoms with Crippen molar-refractivity contribution < 1.29 is 4.79 Å². The standard InChI is InChI=1S/C18H22ClN3O/c1-13-5-2-3-7-15(13)9-8-14-6-4-10-22(12-14)18(23)17-16(19)11-20-21-17/h2-3,5,7,11,14H,4,6,8-10,12H2,1H3,(H,20,21)/t14-/m0/s1. The number of nitrogens with zero attached hydrogens (tertiary/aromatic N) is 2. The molecule has 5 heteroatoms. The van der Waals surface area contributed by atoms with Gasteiger partial charge in [0.05, 0.1) is 11.2 Å². The van der Waals surface area contributed by atoms with Gasteiger partial charge in [-0.25, -0.2) is 0 Å². The van der Waals surface area contributed by atoms with Gasteiger partial charge in [-0.3, -0.25) is 9.89 Å². The molecule has 0 spiro atoms. The molecule has 0 radical (unpaired) electrons. The van der Waals surface area contributed by atoms with Crippen molar-refractivity contribution in [3.63, 3.8) is 0 Å². The maximum Gasteiger partial charge on any atom is 0.273 e. The van der Waals surface area contributed by atoms with E-state index in [1.54, 1.807) is 0 Å². The lowest BCUT2D eigenvalue weighted by Crippen LogP contribution is -2.40. The molecule has 0 unspecified atom stereocenters. The first-order valence-electron chi connectivity index (χ1n) is 8.18. The van der Waals surface area contributed by atoms with Gasteiger partial charge in [0.1, 0.15) is 5.69 Å². The first kappa shape index (κ1) is 16.1. The number of benzene rings is 1. The first-order chi connectivity index (χ1) is 11.1. The van der Waals surface area contributed by atoms with Crippen LogP contribution in [0.25, 0.3) is 0 Å². The van der Waals surface area contributed by atoms with E-state index >= 15 is 0 Å². The van der Waals surface area contributed by atoms with Crippen molar-refractivity contribution in [1.82, 2.24) is 15.1 Å². The fourth-order valence-corrected chi connectivity index (χ4v) is 3.49. The first-order valence-corrected chi connectivity index (χ1v) is 8.55. The highest BCUT2D eigenvalue weighted by Gasteiger charge is 2.26. The summed E-state index contributed by atoms with van der Waals surface area (Å²) >= 11 is 6.01. The van der Waals surface area contributed by atoms with Crippen LogP contribution in [0, 0.1) is 12.8 Å². The number of nitrogens with one attached hydrogen (secondary N) is 1. The van der Waals surface area contributed by atoms with Gasteiger partial charge in [-0.1, -0.05) is 35.9 Å². The molecule has 1 aromatic carbocycles. The van der Waals surface area contributed by atoms with Crippen molar-refractivity contribution in [1.29, 1.82) is 0 Å². The average Bonchev–Trinajstić information content (AvgIpc) is 3.00. The number of piperidine rings is 1. The quantitative estimate of drug-likeness (QED) is 0.924. The summed E-state index contributed by atoms with van der Waals surface area (Å²) in [6.07, 6.45) is 5.91. The molecule has 3 rings (SSSR count). The number of carbonyl (C=O) groups is 1. The Hall–Kier alpha value is -1.81. The average molecular weight is 332 g/mol. The van der Waals surface area contributed by atoms with Crippen LogP contribution in [0.15, 0.2) is 30.5 Å². The molecule has 2 aromatic rings. The molecule has 1 aromatic heterocycles. The van der Waals surface area contributed by atoms with Crippen molar-refractivity contribution in [2.75, 3.05) is 13.1 Å². The van der Waals surface area contributed by atoms with Crippen molar-refractivity contribution >= 4 is 17.5 Å². The highest BCUT2D eigenvalue weighted by atomic mass is 35.5. The lowest BCUT2D eigenvalue weighted by Gasteiger charge is -2.32. The van der Waals surface area contributed by atoms with Crippen LogP contribution in [0.1, 0.15) is 40.9 Å². The van der Waals surface area contributed by atoms with E-state index in [0.717, 1.165) is 32.4 Å². The zero-order valence-corrected chi connectivity index (χ0v) is 14.1. The summed E-state index contributed by atoms with van der Waals surface area (Å²) in [5.74, 6) is 0.516. The molecule has 1 aliphatic rings. The smallest absolute Gasteiger partial charge is 0.273 e. The minimum Gasteiger partial charge on any atom is -0.337 e. The summed E-state index contributed by atoms with van der Waals surface area (Å²) in [6, 6.07) is 8.53. The van der Waals surface area contributed by atoms with Gasteiger partial charge < -0.3 is 4.90 Å². The third kappa shape index (κ3) is 3.75. The number of H-pyrrole nitrogens is 1. The Bertz CT molecular complexity index is 682. The molecule has 122 valence electrons. The molecule has 1 aliphatic heterocycles. The van der Waals surface area contributed by atoms with E-state index in [4.69, 9.17) is 11.6 Å². The Balaban J connectivity index is 1.59. The molecule has 2 heterocycles. The van der Waals surface area contributed by atoms with Gasteiger partial charge in [-0.2, -0.15) is 5.10 Å². The molecule has 1 saturated heterocycles. The van der Waals surface area contributed by atoms with E-state index in [-0.39, 0.29) is 5.91 Å². The lowest BCUT2D eigenvalue weighted by atomic mass is 9.90. The third-order valence-electron chi connectivity index (χ3n) is 4.70. The fraction of sp³-hybridized carbons (Fsp3) is 0.444. The Morgan fingerprint density at radius 3 is 3.00 bits per heavy atom. The Morgan fingerprint density at radius 1 is 1.43 bits per heavy atom. The maximum atomic E-state index is 12.5. The van der Waals surface area contributed by atoms with E-state index in [1.807, 2.05) is 4.90 Å². The van der Waals surface area contributed by atoms with Crippen LogP contribution >= 0.6 is 11.6 Å². The highest BCUT2D eigenvalue weighted by Crippen LogP contribution is 2.24. The largest absolute Gasteiger partial charge is 0.337 e. The number of hydrogen-bond acceptors (Lipinski definition) is 2. The zero-order valence-electron chi connectivity index (χ0n) is 13.4. The molecule has 1 atom stereocenters. The van der Waals surface area contributed by atoms with Gasteiger partial charge in [0, 0.05) is 13.1 Å². The predicted octanol–water partition coefficient (Wildman–Crippen LogP) is 3.86. The van der Waals surface area contributed by atoms with Crippen molar-refractivity contribution in [3.8, 4) is 0 Å². The molecule has 0 saturated carbocycles. The summed E-state index contributed by atoms with van der Waals surface area (Å²) in [6.45, 7) is 3.77. The number of halogens is 1. The van der Waals surface area contributed by atoms with Gasteiger partial charge in [-0.05, 0) is 49.7 Å². The van der Waals surface area contributed by atoms with Gasteiger partial charge in [0.15, 0.2) is 0 Å². The van der Waals surface area contributed by atoms with Gasteiger partial charge >= 0.3 is 0 Å². The topological polar surface area (TPSA) is 49.0 Å². The third-order valence-corrected chi connectivity index (χ3v) is 4.98. The Morgan fingerprint density at radius 2 is 2.26 bits per heavy atom. The SMILES string of the molecule is Cc1ccccc1CC[C@@H]1CCCN(C(=O)c2[nH]ncc2Cl)C1. The molecular weight excluding hydrogens is 310 g/mol. The van der Waals surface area contributed by atoms with Crippen LogP contribution in [0.2, 0.25) is 5.02 Å². The second kappa shape index (κ2) is 7.18. The van der Waals surface area contributed by atoms with Gasteiger partial charge in [-0.15, -0.1) is 0 Å². The molecule has 1 N–H and O–H groups in total. The number of likely N-dealkylation sites (tertiary alicyclic amines) is 1. The fourth-order valence-electron chi connectivity index (χ4n) is 3.31. The van der Waals surface area contributed by atoms with Crippen molar-refractivity contribution in [2.45, 2.75) is 32.6 Å². The van der Waals surface area contributed by atoms with Crippen LogP contribution in [-0.4, -0.2) is 34.1 Å². The Labute approximate surface area is 141 Å². The molecular formula is C18H22ClN3O. The lowest BCUT2D eigenvalue weighted by molar-refractivity contribution is 0.0662. The summed E-state index contributed by atoms with van der Waals surface area (Å²) in [5, 5.41) is 6.95. The number of hydrogen-bond donors (Lipinski definition) is 1. The van der Waals surface area contributed by atoms with Crippen LogP contribution in [0.5, 0.6) is 0 Å². The second-order valence-electron chi connectivity index (χ2n) is 6.32. The van der Waals surface area contributed by atoms with Crippen LogP contribution in [0.3, 0.4) is 0 Å². The minimum absolute atomic E-state index is 0.0342. The number of rotatable bonds is 4. The molecule has 23 heavy (non-hydrogen) atoms. The minimum atomic E-state index is -0.0342. The van der Waals surface area contributed by atoms with E-state index in [0.29, 0.717) is 16.6 Å². The maximum absolute atomic E-state index is 12.5. The number of aromatic nitrogens is 2. The Kier molecular flexibility index (Phi) is 5.01. The predicted molar refractivity (Wildman–Crippen MR) is 91.7 cm³/mol. The summed E-state index contributed by atoms with van der Waals surface area (Å²) < 4.78 is 0. The van der Waals surface area contributed by atoms with Crippen LogP contribution < -0.4 is 0 Å². The number of carbonyl (C=O) groups excluding carboxylic acids is 1. The van der Waals surface area contributed by atoms with Crippen LogP contribution in [-0.2, 0) is 6.42 Å². The molecule has 0 bridgehead atoms. The van der Waals surface area contributed by atoms with E-state index in [2.05, 4.69) is 41.4 Å². The molecule has 1 amide bonds. The highest BCUT2D eigenvalue weighted by molar-refractivity contribution is 6.33. The number of aromatic amines is 1. The zero-order chi connectivity index (χ0) is 16.2. The number of aryl methyl sites for hydroxylation is 2. The number of amides is 1. The summed E-state index contributed by atoms with van der Waals surface area (Å²) in [4.78, 5) is 14.4. The molecule has 0 aliphatic carbocycles. The van der Waals surface area contributed by atoms with Crippen LogP contribution in [0.4, 0.5) is 0 Å². The van der Waals surface area contributed by atoms with Crippen molar-refractivity contribution in [2.24, 2.45) is 5.92 Å². The molecule has 1 fully saturated rings. The van der Waals surface area contributed by atoms with Crippen molar-refractivity contribution in [3.05, 3.63) is 52.3 Å². The van der Waals surface area contributed by atoms with E-state index in [1.165, 1.54) is 23.7 Å². The van der Waals surface area contributed by atoms with Gasteiger partial charge in [0.2, 0.25) is 0 Å². The molecule has 4 nitrogen and oxygen atoms in total. The normalized spacial score (nSPS) is 18.2. The summed E-state index contributed by atoms with van der Waals surface area (Å²) in [5.41, 5.74) is 3.17. The van der Waals surface area contributed by atoms with E-state index in [9.17, 15) is 4.79 Å². The van der Waals surface area contributed by atoms with Gasteiger partial charge in [0.25, 0.3) is 5.91 Å². The second-order valence-corrected chi connectivity index (χ2v) is 6.72. The monoisotopic (exact) mass is 331 g/mol.